The Balaban J connectivity index is 1.23. The van der Waals surface area contributed by atoms with Crippen molar-refractivity contribution >= 4 is 11.9 Å². The summed E-state index contributed by atoms with van der Waals surface area (Å²) < 4.78 is 10.7. The molecule has 0 aromatic carbocycles. The minimum atomic E-state index is -0.270. The number of tetrazole rings is 1. The van der Waals surface area contributed by atoms with Crippen LogP contribution in [-0.4, -0.2) is 82.0 Å². The molecule has 6 unspecified atom stereocenters. The molecule has 2 aliphatic carbocycles. The van der Waals surface area contributed by atoms with Crippen molar-refractivity contribution in [3.05, 3.63) is 5.82 Å². The topological polar surface area (TPSA) is 111 Å². The Morgan fingerprint density at radius 1 is 0.972 bits per heavy atom. The zero-order valence-corrected chi connectivity index (χ0v) is 21.8. The van der Waals surface area contributed by atoms with Gasteiger partial charge in [-0.2, -0.15) is 4.80 Å². The number of likely N-dealkylation sites (tertiary alicyclic amines) is 1. The zero-order valence-electron chi connectivity index (χ0n) is 21.8. The van der Waals surface area contributed by atoms with Crippen LogP contribution in [-0.2, 0) is 19.1 Å². The van der Waals surface area contributed by atoms with E-state index in [0.717, 1.165) is 64.0 Å². The maximum absolute atomic E-state index is 12.9. The molecule has 0 bridgehead atoms. The number of carbonyl (C=O) groups is 2. The van der Waals surface area contributed by atoms with Crippen molar-refractivity contribution in [2.45, 2.75) is 95.7 Å². The highest BCUT2D eigenvalue weighted by atomic mass is 16.5. The highest BCUT2D eigenvalue weighted by Crippen LogP contribution is 2.40. The number of hydrogen-bond acceptors (Lipinski definition) is 9. The summed E-state index contributed by atoms with van der Waals surface area (Å²) in [4.78, 5) is 29.3. The fourth-order valence-electron chi connectivity index (χ4n) is 7.05. The van der Waals surface area contributed by atoms with Crippen molar-refractivity contribution in [2.24, 2.45) is 17.8 Å². The molecule has 6 atom stereocenters. The van der Waals surface area contributed by atoms with Crippen LogP contribution in [0.25, 0.3) is 0 Å². The van der Waals surface area contributed by atoms with E-state index in [9.17, 15) is 9.59 Å². The highest BCUT2D eigenvalue weighted by Gasteiger charge is 2.43. The molecule has 2 saturated carbocycles. The standard InChI is InChI=1S/C26H42N6O4/c1-3-35-25(33)22-12-20-11-17(9-10-19(20)14-27-22)15-31-16-21(13-23(31)26(34)36-4-2)32-29-24(28-30-32)18-7-5-6-8-18/h17-23,27H,3-16H2,1-2H3. The summed E-state index contributed by atoms with van der Waals surface area (Å²) in [5.41, 5.74) is 0. The van der Waals surface area contributed by atoms with Crippen molar-refractivity contribution in [1.82, 2.24) is 30.4 Å². The van der Waals surface area contributed by atoms with Gasteiger partial charge in [0.2, 0.25) is 0 Å². The third kappa shape index (κ3) is 5.59. The number of ether oxygens (including phenoxy) is 2. The van der Waals surface area contributed by atoms with Crippen LogP contribution < -0.4 is 5.32 Å². The van der Waals surface area contributed by atoms with E-state index in [2.05, 4.69) is 20.5 Å². The molecule has 4 fully saturated rings. The van der Waals surface area contributed by atoms with Crippen LogP contribution >= 0.6 is 0 Å². The van der Waals surface area contributed by atoms with Gasteiger partial charge in [-0.15, -0.1) is 10.2 Å². The second kappa shape index (κ2) is 11.5. The van der Waals surface area contributed by atoms with Crippen LogP contribution in [0.5, 0.6) is 0 Å². The number of hydrogen-bond donors (Lipinski definition) is 1. The second-order valence-electron chi connectivity index (χ2n) is 11.2. The van der Waals surface area contributed by atoms with Gasteiger partial charge in [0, 0.05) is 19.0 Å². The molecule has 1 N–H and O–H groups in total. The molecule has 200 valence electrons. The number of piperidine rings is 1. The maximum atomic E-state index is 12.9. The van der Waals surface area contributed by atoms with Gasteiger partial charge in [-0.1, -0.05) is 12.8 Å². The summed E-state index contributed by atoms with van der Waals surface area (Å²) in [7, 11) is 0. The first-order chi connectivity index (χ1) is 17.6. The predicted molar refractivity (Wildman–Crippen MR) is 132 cm³/mol. The smallest absolute Gasteiger partial charge is 0.323 e. The summed E-state index contributed by atoms with van der Waals surface area (Å²) in [6, 6.07) is -0.430. The third-order valence-electron chi connectivity index (χ3n) is 8.91. The lowest BCUT2D eigenvalue weighted by molar-refractivity contribution is -0.149. The number of carbonyl (C=O) groups excluding carboxylic acids is 2. The lowest BCUT2D eigenvalue weighted by atomic mass is 9.69. The van der Waals surface area contributed by atoms with Gasteiger partial charge in [0.25, 0.3) is 0 Å². The Kier molecular flexibility index (Phi) is 8.20. The molecule has 0 spiro atoms. The molecule has 2 aliphatic heterocycles. The lowest BCUT2D eigenvalue weighted by Gasteiger charge is -2.43. The van der Waals surface area contributed by atoms with E-state index < -0.39 is 0 Å². The van der Waals surface area contributed by atoms with Crippen molar-refractivity contribution in [3.63, 3.8) is 0 Å². The third-order valence-corrected chi connectivity index (χ3v) is 8.91. The van der Waals surface area contributed by atoms with Crippen LogP contribution in [0.1, 0.15) is 89.4 Å². The fourth-order valence-corrected chi connectivity index (χ4v) is 7.05. The average Bonchev–Trinajstić information content (AvgIpc) is 3.64. The van der Waals surface area contributed by atoms with Gasteiger partial charge in [-0.25, -0.2) is 0 Å². The molecule has 0 radical (unpaired) electrons. The van der Waals surface area contributed by atoms with Gasteiger partial charge >= 0.3 is 11.9 Å². The number of rotatable bonds is 8. The predicted octanol–water partition coefficient (Wildman–Crippen LogP) is 2.47. The van der Waals surface area contributed by atoms with E-state index in [-0.39, 0.29) is 30.1 Å². The second-order valence-corrected chi connectivity index (χ2v) is 11.2. The van der Waals surface area contributed by atoms with Gasteiger partial charge in [0.1, 0.15) is 12.1 Å². The zero-order chi connectivity index (χ0) is 25.1. The normalized spacial score (nSPS) is 33.4. The maximum Gasteiger partial charge on any atom is 0.323 e. The van der Waals surface area contributed by atoms with Crippen LogP contribution in [0, 0.1) is 17.8 Å². The number of nitrogens with zero attached hydrogens (tertiary/aromatic N) is 5. The molecule has 5 rings (SSSR count). The van der Waals surface area contributed by atoms with Gasteiger partial charge in [-0.05, 0) is 88.3 Å². The Morgan fingerprint density at radius 2 is 1.75 bits per heavy atom. The minimum Gasteiger partial charge on any atom is -0.465 e. The first kappa shape index (κ1) is 25.6. The fraction of sp³-hybridized carbons (Fsp3) is 0.885. The van der Waals surface area contributed by atoms with Crippen molar-refractivity contribution in [3.8, 4) is 0 Å². The summed E-state index contributed by atoms with van der Waals surface area (Å²) in [5, 5.41) is 16.9. The van der Waals surface area contributed by atoms with E-state index in [4.69, 9.17) is 14.6 Å². The van der Waals surface area contributed by atoms with Gasteiger partial charge < -0.3 is 14.8 Å². The molecule has 1 aromatic rings. The van der Waals surface area contributed by atoms with Crippen LogP contribution in [0.2, 0.25) is 0 Å². The molecular weight excluding hydrogens is 460 g/mol. The number of esters is 2. The van der Waals surface area contributed by atoms with E-state index in [1.54, 1.807) is 4.80 Å². The van der Waals surface area contributed by atoms with Gasteiger partial charge in [0.05, 0.1) is 19.3 Å². The van der Waals surface area contributed by atoms with Gasteiger partial charge in [-0.3, -0.25) is 14.5 Å². The van der Waals surface area contributed by atoms with E-state index in [1.807, 2.05) is 13.8 Å². The Hall–Kier alpha value is -2.07. The van der Waals surface area contributed by atoms with Crippen LogP contribution in [0.15, 0.2) is 0 Å². The van der Waals surface area contributed by atoms with Crippen LogP contribution in [0.3, 0.4) is 0 Å². The molecule has 36 heavy (non-hydrogen) atoms. The van der Waals surface area contributed by atoms with E-state index in [0.29, 0.717) is 43.3 Å². The molecule has 1 aromatic heterocycles. The number of aromatic nitrogens is 4. The molecule has 10 heteroatoms. The molecule has 10 nitrogen and oxygen atoms in total. The van der Waals surface area contributed by atoms with E-state index in [1.165, 1.54) is 12.8 Å². The highest BCUT2D eigenvalue weighted by molar-refractivity contribution is 5.76. The quantitative estimate of drug-likeness (QED) is 0.536. The molecule has 4 aliphatic rings. The summed E-state index contributed by atoms with van der Waals surface area (Å²) in [6.07, 6.45) is 9.67. The Morgan fingerprint density at radius 3 is 2.53 bits per heavy atom. The molecule has 2 saturated heterocycles. The summed E-state index contributed by atoms with van der Waals surface area (Å²) in [6.45, 7) is 7.01. The number of nitrogens with one attached hydrogen (secondary N) is 1. The molecule has 3 heterocycles. The van der Waals surface area contributed by atoms with Crippen molar-refractivity contribution in [2.75, 3.05) is 32.8 Å². The van der Waals surface area contributed by atoms with E-state index >= 15 is 0 Å². The average molecular weight is 503 g/mol. The first-order valence-electron chi connectivity index (χ1n) is 14.2. The van der Waals surface area contributed by atoms with Crippen molar-refractivity contribution < 1.29 is 19.1 Å². The summed E-state index contributed by atoms with van der Waals surface area (Å²) >= 11 is 0. The number of fused-ring (bicyclic) bond motifs is 1. The van der Waals surface area contributed by atoms with Crippen molar-refractivity contribution in [1.29, 1.82) is 0 Å². The van der Waals surface area contributed by atoms with Gasteiger partial charge in [0.15, 0.2) is 5.82 Å². The largest absolute Gasteiger partial charge is 0.465 e. The first-order valence-corrected chi connectivity index (χ1v) is 14.2. The molecule has 0 amide bonds. The lowest BCUT2D eigenvalue weighted by Crippen LogP contribution is -2.51. The van der Waals surface area contributed by atoms with Crippen LogP contribution in [0.4, 0.5) is 0 Å². The Labute approximate surface area is 213 Å². The minimum absolute atomic E-state index is 0.0328. The SMILES string of the molecule is CCOC(=O)C1CC2CC(CN3CC(n4nnc(C5CCCC5)n4)CC3C(=O)OCC)CCC2CN1. The molecular formula is C26H42N6O4. The monoisotopic (exact) mass is 502 g/mol. The Bertz CT molecular complexity index is 903. The summed E-state index contributed by atoms with van der Waals surface area (Å²) in [5.74, 6) is 2.65.